The number of hydrogen-bond donors (Lipinski definition) is 1. The van der Waals surface area contributed by atoms with Crippen LogP contribution < -0.4 is 5.32 Å². The number of thiophene rings is 1. The monoisotopic (exact) mass is 380 g/mol. The SMILES string of the molecule is O=C(Nc1ccc([N+](=O)[O-])cc1Br)c1csc2c1CCCC2. The summed E-state index contributed by atoms with van der Waals surface area (Å²) in [6, 6.07) is 4.31. The Morgan fingerprint density at radius 1 is 1.32 bits per heavy atom. The minimum absolute atomic E-state index is 0.0159. The molecule has 1 aromatic carbocycles. The van der Waals surface area contributed by atoms with E-state index in [1.54, 1.807) is 17.4 Å². The van der Waals surface area contributed by atoms with E-state index in [9.17, 15) is 14.9 Å². The zero-order valence-electron chi connectivity index (χ0n) is 11.6. The second kappa shape index (κ2) is 6.18. The van der Waals surface area contributed by atoms with Gasteiger partial charge in [-0.15, -0.1) is 11.3 Å². The van der Waals surface area contributed by atoms with E-state index in [-0.39, 0.29) is 11.6 Å². The number of nitro groups is 1. The van der Waals surface area contributed by atoms with E-state index in [0.717, 1.165) is 30.4 Å². The summed E-state index contributed by atoms with van der Waals surface area (Å²) < 4.78 is 0.499. The van der Waals surface area contributed by atoms with Crippen LogP contribution in [-0.4, -0.2) is 10.8 Å². The van der Waals surface area contributed by atoms with Crippen molar-refractivity contribution in [2.45, 2.75) is 25.7 Å². The van der Waals surface area contributed by atoms with Gasteiger partial charge in [-0.2, -0.15) is 0 Å². The maximum atomic E-state index is 12.5. The van der Waals surface area contributed by atoms with Gasteiger partial charge in [0.1, 0.15) is 0 Å². The molecule has 0 aliphatic heterocycles. The van der Waals surface area contributed by atoms with Crippen LogP contribution in [0.25, 0.3) is 0 Å². The van der Waals surface area contributed by atoms with Crippen LogP contribution in [0.5, 0.6) is 0 Å². The molecule has 114 valence electrons. The molecule has 0 fully saturated rings. The van der Waals surface area contributed by atoms with Crippen molar-refractivity contribution in [3.63, 3.8) is 0 Å². The van der Waals surface area contributed by atoms with Gasteiger partial charge in [-0.05, 0) is 53.2 Å². The lowest BCUT2D eigenvalue weighted by molar-refractivity contribution is -0.384. The molecule has 1 aliphatic rings. The van der Waals surface area contributed by atoms with Crippen LogP contribution in [0.1, 0.15) is 33.6 Å². The van der Waals surface area contributed by atoms with E-state index in [1.165, 1.54) is 23.4 Å². The Balaban J connectivity index is 1.83. The molecule has 7 heteroatoms. The molecule has 1 N–H and O–H groups in total. The number of amides is 1. The second-order valence-corrected chi connectivity index (χ2v) is 6.95. The Kier molecular flexibility index (Phi) is 4.26. The summed E-state index contributed by atoms with van der Waals surface area (Å²) in [4.78, 5) is 24.0. The standard InChI is InChI=1S/C15H13BrN2O3S/c16-12-7-9(18(20)21)5-6-13(12)17-15(19)11-8-22-14-4-2-1-3-10(11)14/h5-8H,1-4H2,(H,17,19). The Morgan fingerprint density at radius 3 is 2.82 bits per heavy atom. The highest BCUT2D eigenvalue weighted by atomic mass is 79.9. The van der Waals surface area contributed by atoms with Crippen molar-refractivity contribution in [3.05, 3.63) is 54.2 Å². The van der Waals surface area contributed by atoms with Gasteiger partial charge in [0.05, 0.1) is 16.2 Å². The molecule has 0 saturated carbocycles. The highest BCUT2D eigenvalue weighted by Gasteiger charge is 2.21. The van der Waals surface area contributed by atoms with Crippen molar-refractivity contribution < 1.29 is 9.72 Å². The molecule has 0 radical (unpaired) electrons. The van der Waals surface area contributed by atoms with E-state index in [0.29, 0.717) is 10.2 Å². The molecule has 0 atom stereocenters. The van der Waals surface area contributed by atoms with Gasteiger partial charge >= 0.3 is 0 Å². The van der Waals surface area contributed by atoms with Gasteiger partial charge in [-0.25, -0.2) is 0 Å². The summed E-state index contributed by atoms with van der Waals surface area (Å²) >= 11 is 4.91. The summed E-state index contributed by atoms with van der Waals surface area (Å²) in [6.07, 6.45) is 4.30. The summed E-state index contributed by atoms with van der Waals surface area (Å²) in [6.45, 7) is 0. The van der Waals surface area contributed by atoms with Gasteiger partial charge in [0.25, 0.3) is 11.6 Å². The molecule has 2 aromatic rings. The maximum absolute atomic E-state index is 12.5. The van der Waals surface area contributed by atoms with Gasteiger partial charge in [-0.3, -0.25) is 14.9 Å². The molecule has 1 heterocycles. The topological polar surface area (TPSA) is 72.2 Å². The molecule has 3 rings (SSSR count). The molecule has 1 aliphatic carbocycles. The number of aryl methyl sites for hydroxylation is 1. The first kappa shape index (κ1) is 15.2. The van der Waals surface area contributed by atoms with E-state index in [1.807, 2.05) is 5.38 Å². The molecule has 5 nitrogen and oxygen atoms in total. The third-order valence-corrected chi connectivity index (χ3v) is 5.46. The number of halogens is 1. The third-order valence-electron chi connectivity index (χ3n) is 3.72. The van der Waals surface area contributed by atoms with Crippen molar-refractivity contribution in [2.75, 3.05) is 5.32 Å². The Labute approximate surface area is 139 Å². The predicted molar refractivity (Wildman–Crippen MR) is 89.7 cm³/mol. The van der Waals surface area contributed by atoms with Crippen LogP contribution >= 0.6 is 27.3 Å². The molecule has 22 heavy (non-hydrogen) atoms. The van der Waals surface area contributed by atoms with E-state index < -0.39 is 4.92 Å². The maximum Gasteiger partial charge on any atom is 0.270 e. The van der Waals surface area contributed by atoms with Crippen molar-refractivity contribution in [1.82, 2.24) is 0 Å². The molecular weight excluding hydrogens is 368 g/mol. The summed E-state index contributed by atoms with van der Waals surface area (Å²) in [7, 11) is 0. The zero-order valence-corrected chi connectivity index (χ0v) is 14.0. The highest BCUT2D eigenvalue weighted by molar-refractivity contribution is 9.10. The first-order valence-electron chi connectivity index (χ1n) is 6.91. The van der Waals surface area contributed by atoms with Crippen LogP contribution in [0.4, 0.5) is 11.4 Å². The number of non-ortho nitro benzene ring substituents is 1. The average Bonchev–Trinajstić information content (AvgIpc) is 2.93. The number of fused-ring (bicyclic) bond motifs is 1. The van der Waals surface area contributed by atoms with Crippen molar-refractivity contribution >= 4 is 44.5 Å². The smallest absolute Gasteiger partial charge is 0.270 e. The first-order valence-corrected chi connectivity index (χ1v) is 8.58. The fourth-order valence-corrected chi connectivity index (χ4v) is 4.18. The number of carbonyl (C=O) groups excluding carboxylic acids is 1. The number of anilines is 1. The number of nitro benzene ring substituents is 1. The fraction of sp³-hybridized carbons (Fsp3) is 0.267. The van der Waals surface area contributed by atoms with Crippen molar-refractivity contribution in [1.29, 1.82) is 0 Å². The molecule has 0 saturated heterocycles. The van der Waals surface area contributed by atoms with E-state index in [4.69, 9.17) is 0 Å². The predicted octanol–water partition coefficient (Wildman–Crippen LogP) is 4.55. The molecule has 0 bridgehead atoms. The highest BCUT2D eigenvalue weighted by Crippen LogP contribution is 2.32. The molecule has 1 aromatic heterocycles. The number of nitrogens with zero attached hydrogens (tertiary/aromatic N) is 1. The Morgan fingerprint density at radius 2 is 2.09 bits per heavy atom. The zero-order chi connectivity index (χ0) is 15.7. The number of rotatable bonds is 3. The first-order chi connectivity index (χ1) is 10.6. The minimum atomic E-state index is -0.467. The molecule has 0 spiro atoms. The number of benzene rings is 1. The normalized spacial score (nSPS) is 13.5. The Bertz CT molecular complexity index is 757. The van der Waals surface area contributed by atoms with Gasteiger partial charge in [0.15, 0.2) is 0 Å². The molecule has 1 amide bonds. The number of nitrogens with one attached hydrogen (secondary N) is 1. The summed E-state index contributed by atoms with van der Waals surface area (Å²) in [5.74, 6) is -0.158. The van der Waals surface area contributed by atoms with Gasteiger partial charge < -0.3 is 5.32 Å². The van der Waals surface area contributed by atoms with Gasteiger partial charge in [0, 0.05) is 26.9 Å². The lowest BCUT2D eigenvalue weighted by Gasteiger charge is -2.13. The van der Waals surface area contributed by atoms with Crippen LogP contribution in [0.3, 0.4) is 0 Å². The molecule has 0 unspecified atom stereocenters. The number of hydrogen-bond acceptors (Lipinski definition) is 4. The number of carbonyl (C=O) groups is 1. The van der Waals surface area contributed by atoms with E-state index >= 15 is 0 Å². The van der Waals surface area contributed by atoms with Crippen LogP contribution in [0.2, 0.25) is 0 Å². The minimum Gasteiger partial charge on any atom is -0.321 e. The lowest BCUT2D eigenvalue weighted by Crippen LogP contribution is -2.14. The van der Waals surface area contributed by atoms with Crippen LogP contribution in [-0.2, 0) is 12.8 Å². The van der Waals surface area contributed by atoms with Gasteiger partial charge in [0.2, 0.25) is 0 Å². The average molecular weight is 381 g/mol. The van der Waals surface area contributed by atoms with Crippen molar-refractivity contribution in [3.8, 4) is 0 Å². The third kappa shape index (κ3) is 2.91. The van der Waals surface area contributed by atoms with Crippen LogP contribution in [0.15, 0.2) is 28.1 Å². The second-order valence-electron chi connectivity index (χ2n) is 5.13. The van der Waals surface area contributed by atoms with Gasteiger partial charge in [-0.1, -0.05) is 0 Å². The lowest BCUT2D eigenvalue weighted by atomic mass is 9.95. The van der Waals surface area contributed by atoms with Crippen LogP contribution in [0, 0.1) is 10.1 Å². The fourth-order valence-electron chi connectivity index (χ4n) is 2.59. The largest absolute Gasteiger partial charge is 0.321 e. The van der Waals surface area contributed by atoms with Crippen molar-refractivity contribution in [2.24, 2.45) is 0 Å². The quantitative estimate of drug-likeness (QED) is 0.626. The summed E-state index contributed by atoms with van der Waals surface area (Å²) in [5.41, 5.74) is 2.40. The Hall–Kier alpha value is -1.73. The molecular formula is C15H13BrN2O3S. The summed E-state index contributed by atoms with van der Waals surface area (Å²) in [5, 5.41) is 15.5. The van der Waals surface area contributed by atoms with E-state index in [2.05, 4.69) is 21.2 Å².